The van der Waals surface area contributed by atoms with Crippen molar-refractivity contribution >= 4 is 5.91 Å². The molecule has 0 fully saturated rings. The topological polar surface area (TPSA) is 59.8 Å². The van der Waals surface area contributed by atoms with E-state index < -0.39 is 0 Å². The summed E-state index contributed by atoms with van der Waals surface area (Å²) >= 11 is 0. The molecule has 1 aromatic heterocycles. The number of hydrogen-bond acceptors (Lipinski definition) is 3. The molecule has 0 bridgehead atoms. The molecule has 1 N–H and O–H groups in total. The van der Waals surface area contributed by atoms with E-state index in [1.54, 1.807) is 0 Å². The predicted octanol–water partition coefficient (Wildman–Crippen LogP) is 2.93. The van der Waals surface area contributed by atoms with Crippen molar-refractivity contribution in [3.8, 4) is 11.1 Å². The average Bonchev–Trinajstić information content (AvgIpc) is 3.03. The fourth-order valence-electron chi connectivity index (χ4n) is 3.49. The summed E-state index contributed by atoms with van der Waals surface area (Å²) in [5, 5.41) is 11.4. The quantitative estimate of drug-likeness (QED) is 0.790. The number of carbonyl (C=O) groups excluding carboxylic acids is 1. The van der Waals surface area contributed by atoms with Crippen LogP contribution >= 0.6 is 0 Å². The van der Waals surface area contributed by atoms with E-state index in [1.165, 1.54) is 5.56 Å². The van der Waals surface area contributed by atoms with Gasteiger partial charge in [0.1, 0.15) is 11.6 Å². The maximum absolute atomic E-state index is 12.4. The summed E-state index contributed by atoms with van der Waals surface area (Å²) in [4.78, 5) is 12.4. The molecule has 3 aromatic rings. The Morgan fingerprint density at radius 2 is 1.81 bits per heavy atom. The molecule has 2 heterocycles. The molecule has 132 valence electrons. The Labute approximate surface area is 153 Å². The van der Waals surface area contributed by atoms with Crippen molar-refractivity contribution in [1.29, 1.82) is 0 Å². The summed E-state index contributed by atoms with van der Waals surface area (Å²) in [5.74, 6) is 2.00. The van der Waals surface area contributed by atoms with Gasteiger partial charge in [-0.05, 0) is 30.0 Å². The number of carbonyl (C=O) groups is 1. The van der Waals surface area contributed by atoms with Crippen LogP contribution in [0.15, 0.2) is 54.6 Å². The highest BCUT2D eigenvalue weighted by molar-refractivity contribution is 5.79. The molecule has 0 spiro atoms. The van der Waals surface area contributed by atoms with E-state index >= 15 is 0 Å². The lowest BCUT2D eigenvalue weighted by Gasteiger charge is -2.25. The molecule has 1 amide bonds. The summed E-state index contributed by atoms with van der Waals surface area (Å²) in [5.41, 5.74) is 3.38. The van der Waals surface area contributed by atoms with Gasteiger partial charge in [-0.3, -0.25) is 4.79 Å². The largest absolute Gasteiger partial charge is 0.351 e. The third-order valence-electron chi connectivity index (χ3n) is 4.92. The second-order valence-corrected chi connectivity index (χ2v) is 6.82. The van der Waals surface area contributed by atoms with Crippen LogP contribution in [0.2, 0.25) is 0 Å². The highest BCUT2D eigenvalue weighted by atomic mass is 16.1. The fraction of sp³-hybridized carbons (Fsp3) is 0.286. The first-order chi connectivity index (χ1) is 12.7. The van der Waals surface area contributed by atoms with E-state index in [-0.39, 0.29) is 11.9 Å². The molecule has 4 rings (SSSR count). The number of rotatable bonds is 4. The molecule has 0 saturated heterocycles. The monoisotopic (exact) mass is 346 g/mol. The van der Waals surface area contributed by atoms with E-state index in [4.69, 9.17) is 0 Å². The average molecular weight is 346 g/mol. The highest BCUT2D eigenvalue weighted by Crippen LogP contribution is 2.19. The van der Waals surface area contributed by atoms with Crippen molar-refractivity contribution in [2.45, 2.75) is 38.8 Å². The molecule has 5 heteroatoms. The van der Waals surface area contributed by atoms with Crippen molar-refractivity contribution < 1.29 is 4.79 Å². The summed E-state index contributed by atoms with van der Waals surface area (Å²) < 4.78 is 2.10. The van der Waals surface area contributed by atoms with Crippen LogP contribution < -0.4 is 5.32 Å². The minimum atomic E-state index is 0.0663. The Morgan fingerprint density at radius 1 is 1.08 bits per heavy atom. The van der Waals surface area contributed by atoms with Gasteiger partial charge in [0.15, 0.2) is 0 Å². The number of nitrogens with one attached hydrogen (secondary N) is 1. The first-order valence-corrected chi connectivity index (χ1v) is 9.01. The van der Waals surface area contributed by atoms with E-state index in [1.807, 2.05) is 37.3 Å². The summed E-state index contributed by atoms with van der Waals surface area (Å²) in [7, 11) is 0. The number of hydrogen-bond donors (Lipinski definition) is 1. The lowest BCUT2D eigenvalue weighted by Crippen LogP contribution is -2.41. The van der Waals surface area contributed by atoms with Gasteiger partial charge < -0.3 is 9.88 Å². The number of nitrogens with zero attached hydrogens (tertiary/aromatic N) is 3. The van der Waals surface area contributed by atoms with Gasteiger partial charge in [0, 0.05) is 19.0 Å². The van der Waals surface area contributed by atoms with Gasteiger partial charge in [0.25, 0.3) is 0 Å². The van der Waals surface area contributed by atoms with Crippen molar-refractivity contribution in [3.63, 3.8) is 0 Å². The van der Waals surface area contributed by atoms with Crippen molar-refractivity contribution in [2.24, 2.45) is 0 Å². The van der Waals surface area contributed by atoms with Crippen molar-refractivity contribution in [1.82, 2.24) is 20.1 Å². The van der Waals surface area contributed by atoms with Gasteiger partial charge in [-0.2, -0.15) is 0 Å². The van der Waals surface area contributed by atoms with Gasteiger partial charge in [0.05, 0.1) is 6.42 Å². The van der Waals surface area contributed by atoms with E-state index in [2.05, 4.69) is 44.3 Å². The third kappa shape index (κ3) is 3.52. The van der Waals surface area contributed by atoms with E-state index in [9.17, 15) is 4.79 Å². The SMILES string of the molecule is Cc1nnc2n1CC(NC(=O)Cc1ccc(-c3ccccc3)cc1)CC2. The lowest BCUT2D eigenvalue weighted by molar-refractivity contribution is -0.121. The number of fused-ring (bicyclic) bond motifs is 1. The van der Waals surface area contributed by atoms with Gasteiger partial charge in [-0.15, -0.1) is 10.2 Å². The number of benzene rings is 2. The maximum atomic E-state index is 12.4. The minimum absolute atomic E-state index is 0.0663. The molecule has 0 saturated carbocycles. The Bertz CT molecular complexity index is 900. The first kappa shape index (κ1) is 16.5. The standard InChI is InChI=1S/C21H22N4O/c1-15-23-24-20-12-11-19(14-25(15)20)22-21(26)13-16-7-9-18(10-8-16)17-5-3-2-4-6-17/h2-10,19H,11-14H2,1H3,(H,22,26). The molecule has 0 radical (unpaired) electrons. The van der Waals surface area contributed by atoms with Crippen LogP contribution in [0.5, 0.6) is 0 Å². The molecule has 1 unspecified atom stereocenters. The molecular formula is C21H22N4O. The Balaban J connectivity index is 1.36. The number of aromatic nitrogens is 3. The Hall–Kier alpha value is -2.95. The van der Waals surface area contributed by atoms with Crippen LogP contribution in [0.1, 0.15) is 23.6 Å². The predicted molar refractivity (Wildman–Crippen MR) is 101 cm³/mol. The van der Waals surface area contributed by atoms with Crippen LogP contribution in [-0.4, -0.2) is 26.7 Å². The number of amides is 1. The molecular weight excluding hydrogens is 324 g/mol. The summed E-state index contributed by atoms with van der Waals surface area (Å²) in [6.45, 7) is 2.71. The zero-order valence-electron chi connectivity index (χ0n) is 14.9. The van der Waals surface area contributed by atoms with Crippen LogP contribution in [0, 0.1) is 6.92 Å². The Morgan fingerprint density at radius 3 is 2.58 bits per heavy atom. The molecule has 2 aromatic carbocycles. The smallest absolute Gasteiger partial charge is 0.224 e. The fourth-order valence-corrected chi connectivity index (χ4v) is 3.49. The Kier molecular flexibility index (Phi) is 4.52. The van der Waals surface area contributed by atoms with Crippen LogP contribution in [-0.2, 0) is 24.2 Å². The number of aryl methyl sites for hydroxylation is 2. The molecule has 0 aliphatic carbocycles. The second kappa shape index (κ2) is 7.12. The lowest BCUT2D eigenvalue weighted by atomic mass is 10.0. The molecule has 26 heavy (non-hydrogen) atoms. The molecule has 1 atom stereocenters. The molecule has 1 aliphatic heterocycles. The maximum Gasteiger partial charge on any atom is 0.224 e. The molecule has 1 aliphatic rings. The van der Waals surface area contributed by atoms with Crippen molar-refractivity contribution in [3.05, 3.63) is 71.8 Å². The minimum Gasteiger partial charge on any atom is -0.351 e. The highest BCUT2D eigenvalue weighted by Gasteiger charge is 2.22. The van der Waals surface area contributed by atoms with Crippen molar-refractivity contribution in [2.75, 3.05) is 0 Å². The second-order valence-electron chi connectivity index (χ2n) is 6.82. The summed E-state index contributed by atoms with van der Waals surface area (Å²) in [6, 6.07) is 18.6. The normalized spacial score (nSPS) is 16.1. The zero-order chi connectivity index (χ0) is 17.9. The zero-order valence-corrected chi connectivity index (χ0v) is 14.9. The van der Waals surface area contributed by atoms with Crippen LogP contribution in [0.3, 0.4) is 0 Å². The van der Waals surface area contributed by atoms with Gasteiger partial charge in [-0.25, -0.2) is 0 Å². The summed E-state index contributed by atoms with van der Waals surface area (Å²) in [6.07, 6.45) is 2.17. The van der Waals surface area contributed by atoms with Crippen LogP contribution in [0.4, 0.5) is 0 Å². The first-order valence-electron chi connectivity index (χ1n) is 9.01. The third-order valence-corrected chi connectivity index (χ3v) is 4.92. The van der Waals surface area contributed by atoms with Gasteiger partial charge >= 0.3 is 0 Å². The van der Waals surface area contributed by atoms with Gasteiger partial charge in [0.2, 0.25) is 5.91 Å². The van der Waals surface area contributed by atoms with E-state index in [0.29, 0.717) is 6.42 Å². The van der Waals surface area contributed by atoms with Gasteiger partial charge in [-0.1, -0.05) is 54.6 Å². The molecule has 5 nitrogen and oxygen atoms in total. The van der Waals surface area contributed by atoms with Crippen LogP contribution in [0.25, 0.3) is 11.1 Å². The van der Waals surface area contributed by atoms with E-state index in [0.717, 1.165) is 42.2 Å².